The smallest absolute Gasteiger partial charge is 0.227 e. The average molecular weight is 185 g/mol. The number of hydrogen-bond donors (Lipinski definition) is 1. The minimum absolute atomic E-state index is 0.0979. The van der Waals surface area contributed by atoms with Gasteiger partial charge >= 0.3 is 0 Å². The second-order valence-corrected chi connectivity index (χ2v) is 3.68. The minimum atomic E-state index is 0.0979. The van der Waals surface area contributed by atoms with Crippen molar-refractivity contribution in [3.63, 3.8) is 0 Å². The number of nitrogen functional groups attached to an aromatic ring is 1. The molecule has 1 aromatic heterocycles. The van der Waals surface area contributed by atoms with Gasteiger partial charge in [0.1, 0.15) is 5.82 Å². The number of nitrogens with two attached hydrogens (primary N) is 1. The van der Waals surface area contributed by atoms with E-state index in [1.165, 1.54) is 0 Å². The molecule has 4 nitrogen and oxygen atoms in total. The molecule has 1 fully saturated rings. The standard InChI is InChI=1S/C7H9ClN4/c1-7(2-3-7)4-10-5(8)12-6(9)11-4/h2-3H2,1H3,(H2,9,10,11,12). The van der Waals surface area contributed by atoms with Gasteiger partial charge in [-0.25, -0.2) is 4.98 Å². The third-order valence-corrected chi connectivity index (χ3v) is 2.33. The Bertz CT molecular complexity index is 301. The van der Waals surface area contributed by atoms with Gasteiger partial charge in [-0.15, -0.1) is 0 Å². The predicted molar refractivity (Wildman–Crippen MR) is 45.8 cm³/mol. The minimum Gasteiger partial charge on any atom is -0.368 e. The van der Waals surface area contributed by atoms with E-state index in [4.69, 9.17) is 17.3 Å². The third-order valence-electron chi connectivity index (χ3n) is 2.17. The maximum Gasteiger partial charge on any atom is 0.227 e. The lowest BCUT2D eigenvalue weighted by Gasteiger charge is -2.05. The number of anilines is 1. The van der Waals surface area contributed by atoms with Crippen molar-refractivity contribution < 1.29 is 0 Å². The SMILES string of the molecule is CC1(c2nc(N)nc(Cl)n2)CC1. The molecule has 1 saturated carbocycles. The monoisotopic (exact) mass is 184 g/mol. The first-order chi connectivity index (χ1) is 5.60. The molecule has 64 valence electrons. The van der Waals surface area contributed by atoms with Gasteiger partial charge in [0.15, 0.2) is 0 Å². The fraction of sp³-hybridized carbons (Fsp3) is 0.571. The van der Waals surface area contributed by atoms with E-state index in [1.54, 1.807) is 0 Å². The molecule has 0 amide bonds. The zero-order valence-corrected chi connectivity index (χ0v) is 7.47. The maximum absolute atomic E-state index is 5.64. The van der Waals surface area contributed by atoms with Crippen molar-refractivity contribution >= 4 is 17.5 Å². The zero-order chi connectivity index (χ0) is 8.77. The maximum atomic E-state index is 5.64. The second kappa shape index (κ2) is 2.29. The van der Waals surface area contributed by atoms with Crippen molar-refractivity contribution in [2.45, 2.75) is 25.2 Å². The van der Waals surface area contributed by atoms with E-state index in [2.05, 4.69) is 21.9 Å². The zero-order valence-electron chi connectivity index (χ0n) is 6.71. The molecular weight excluding hydrogens is 176 g/mol. The van der Waals surface area contributed by atoms with E-state index in [1.807, 2.05) is 0 Å². The molecule has 5 heteroatoms. The van der Waals surface area contributed by atoms with E-state index in [0.717, 1.165) is 18.7 Å². The molecule has 0 aromatic carbocycles. The Labute approximate surface area is 75.2 Å². The Morgan fingerprint density at radius 2 is 2.00 bits per heavy atom. The van der Waals surface area contributed by atoms with Gasteiger partial charge in [0.25, 0.3) is 0 Å². The molecule has 0 bridgehead atoms. The number of nitrogens with zero attached hydrogens (tertiary/aromatic N) is 3. The van der Waals surface area contributed by atoms with Crippen LogP contribution in [0.5, 0.6) is 0 Å². The van der Waals surface area contributed by atoms with E-state index < -0.39 is 0 Å². The van der Waals surface area contributed by atoms with Gasteiger partial charge in [0, 0.05) is 5.41 Å². The molecule has 0 spiro atoms. The quantitative estimate of drug-likeness (QED) is 0.712. The number of rotatable bonds is 1. The molecule has 1 aromatic rings. The van der Waals surface area contributed by atoms with Gasteiger partial charge in [-0.3, -0.25) is 0 Å². The van der Waals surface area contributed by atoms with Gasteiger partial charge in [-0.05, 0) is 24.4 Å². The first-order valence-corrected chi connectivity index (χ1v) is 4.15. The lowest BCUT2D eigenvalue weighted by molar-refractivity contribution is 0.702. The Balaban J connectivity index is 2.44. The van der Waals surface area contributed by atoms with Crippen LogP contribution in [-0.4, -0.2) is 15.0 Å². The van der Waals surface area contributed by atoms with E-state index in [0.29, 0.717) is 0 Å². The Morgan fingerprint density at radius 1 is 1.33 bits per heavy atom. The summed E-state index contributed by atoms with van der Waals surface area (Å²) in [4.78, 5) is 11.8. The number of halogens is 1. The summed E-state index contributed by atoms with van der Waals surface area (Å²) in [5.74, 6) is 0.929. The fourth-order valence-electron chi connectivity index (χ4n) is 1.05. The molecule has 1 aliphatic rings. The molecule has 2 N–H and O–H groups in total. The van der Waals surface area contributed by atoms with Gasteiger partial charge in [-0.2, -0.15) is 9.97 Å². The van der Waals surface area contributed by atoms with Crippen LogP contribution in [0.3, 0.4) is 0 Å². The molecule has 1 heterocycles. The average Bonchev–Trinajstić information content (AvgIpc) is 2.67. The number of hydrogen-bond acceptors (Lipinski definition) is 4. The molecule has 2 rings (SSSR count). The third kappa shape index (κ3) is 1.22. The molecule has 0 radical (unpaired) electrons. The summed E-state index contributed by atoms with van der Waals surface area (Å²) in [5, 5.41) is 0.186. The molecule has 1 aliphatic carbocycles. The summed E-state index contributed by atoms with van der Waals surface area (Å²) in [6, 6.07) is 0. The summed E-state index contributed by atoms with van der Waals surface area (Å²) < 4.78 is 0. The lowest BCUT2D eigenvalue weighted by Crippen LogP contribution is -2.10. The van der Waals surface area contributed by atoms with Crippen molar-refractivity contribution in [3.05, 3.63) is 11.1 Å². The Hall–Kier alpha value is -0.900. The molecule has 0 aliphatic heterocycles. The second-order valence-electron chi connectivity index (χ2n) is 3.35. The number of aromatic nitrogens is 3. The van der Waals surface area contributed by atoms with Crippen LogP contribution in [0.15, 0.2) is 0 Å². The Kier molecular flexibility index (Phi) is 1.48. The topological polar surface area (TPSA) is 64.7 Å². The predicted octanol–water partition coefficient (Wildman–Crippen LogP) is 1.16. The van der Waals surface area contributed by atoms with Crippen LogP contribution in [0.2, 0.25) is 5.28 Å². The van der Waals surface area contributed by atoms with Crippen LogP contribution in [0, 0.1) is 0 Å². The molecule has 0 atom stereocenters. The highest BCUT2D eigenvalue weighted by molar-refractivity contribution is 6.28. The molecular formula is C7H9ClN4. The van der Waals surface area contributed by atoms with E-state index in [9.17, 15) is 0 Å². The van der Waals surface area contributed by atoms with Gasteiger partial charge in [0.2, 0.25) is 11.2 Å². The van der Waals surface area contributed by atoms with Crippen molar-refractivity contribution in [2.75, 3.05) is 5.73 Å². The summed E-state index contributed by atoms with van der Waals surface area (Å²) in [6.45, 7) is 2.10. The summed E-state index contributed by atoms with van der Waals surface area (Å²) in [6.07, 6.45) is 2.21. The molecule has 0 saturated heterocycles. The van der Waals surface area contributed by atoms with Crippen LogP contribution in [0.25, 0.3) is 0 Å². The summed E-state index contributed by atoms with van der Waals surface area (Å²) >= 11 is 5.64. The Morgan fingerprint density at radius 3 is 2.50 bits per heavy atom. The van der Waals surface area contributed by atoms with Gasteiger partial charge in [-0.1, -0.05) is 6.92 Å². The summed E-state index contributed by atoms with van der Waals surface area (Å²) in [7, 11) is 0. The first-order valence-electron chi connectivity index (χ1n) is 3.78. The highest BCUT2D eigenvalue weighted by atomic mass is 35.5. The largest absolute Gasteiger partial charge is 0.368 e. The lowest BCUT2D eigenvalue weighted by atomic mass is 10.1. The van der Waals surface area contributed by atoms with Crippen molar-refractivity contribution in [1.29, 1.82) is 0 Å². The molecule has 0 unspecified atom stereocenters. The highest BCUT2D eigenvalue weighted by Gasteiger charge is 2.42. The summed E-state index contributed by atoms with van der Waals surface area (Å²) in [5.41, 5.74) is 5.54. The van der Waals surface area contributed by atoms with Crippen LogP contribution >= 0.6 is 11.6 Å². The highest BCUT2D eigenvalue weighted by Crippen LogP contribution is 2.45. The van der Waals surface area contributed by atoms with Crippen molar-refractivity contribution in [3.8, 4) is 0 Å². The fourth-order valence-corrected chi connectivity index (χ4v) is 1.21. The van der Waals surface area contributed by atoms with Gasteiger partial charge < -0.3 is 5.73 Å². The van der Waals surface area contributed by atoms with Crippen LogP contribution in [-0.2, 0) is 5.41 Å². The van der Waals surface area contributed by atoms with Gasteiger partial charge in [0.05, 0.1) is 0 Å². The van der Waals surface area contributed by atoms with Crippen molar-refractivity contribution in [1.82, 2.24) is 15.0 Å². The van der Waals surface area contributed by atoms with E-state index in [-0.39, 0.29) is 16.6 Å². The molecule has 12 heavy (non-hydrogen) atoms. The van der Waals surface area contributed by atoms with Crippen LogP contribution in [0.4, 0.5) is 5.95 Å². The van der Waals surface area contributed by atoms with E-state index >= 15 is 0 Å². The first kappa shape index (κ1) is 7.73. The van der Waals surface area contributed by atoms with Crippen molar-refractivity contribution in [2.24, 2.45) is 0 Å². The van der Waals surface area contributed by atoms with Crippen LogP contribution < -0.4 is 5.73 Å². The normalized spacial score (nSPS) is 19.2. The van der Waals surface area contributed by atoms with Crippen LogP contribution in [0.1, 0.15) is 25.6 Å².